The van der Waals surface area contributed by atoms with E-state index < -0.39 is 0 Å². The van der Waals surface area contributed by atoms with Crippen molar-refractivity contribution in [3.05, 3.63) is 57.7 Å². The minimum absolute atomic E-state index is 0.134. The number of benzene rings is 2. The van der Waals surface area contributed by atoms with Gasteiger partial charge in [-0.1, -0.05) is 36.4 Å². The molecule has 0 amide bonds. The Kier molecular flexibility index (Phi) is 5.59. The van der Waals surface area contributed by atoms with E-state index in [4.69, 9.17) is 4.74 Å². The lowest BCUT2D eigenvalue weighted by atomic mass is 9.97. The third-order valence-corrected chi connectivity index (χ3v) is 3.73. The normalized spacial score (nSPS) is 10.3. The fourth-order valence-corrected chi connectivity index (χ4v) is 2.69. The van der Waals surface area contributed by atoms with Crippen LogP contribution in [0.25, 0.3) is 11.1 Å². The molecule has 20 heavy (non-hydrogen) atoms. The molecule has 0 fully saturated rings. The molecule has 0 spiro atoms. The zero-order valence-corrected chi connectivity index (χ0v) is 13.6. The van der Waals surface area contributed by atoms with Crippen molar-refractivity contribution >= 4 is 28.6 Å². The summed E-state index contributed by atoms with van der Waals surface area (Å²) in [4.78, 5) is 11.5. The number of rotatable bonds is 5. The van der Waals surface area contributed by atoms with Gasteiger partial charge in [0.2, 0.25) is 0 Å². The van der Waals surface area contributed by atoms with E-state index >= 15 is 0 Å². The van der Waals surface area contributed by atoms with Crippen molar-refractivity contribution < 1.29 is 9.53 Å². The Labute approximate surface area is 133 Å². The largest absolute Gasteiger partial charge is 0.466 e. The molecule has 0 heterocycles. The van der Waals surface area contributed by atoms with E-state index in [0.29, 0.717) is 19.4 Å². The van der Waals surface area contributed by atoms with Crippen LogP contribution in [0.15, 0.2) is 48.5 Å². The molecular weight excluding hydrogens is 363 g/mol. The SMILES string of the molecule is CCOC(=O)CCc1ccccc1-c1cccc(I)c1. The van der Waals surface area contributed by atoms with Gasteiger partial charge in [0.15, 0.2) is 0 Å². The van der Waals surface area contributed by atoms with Gasteiger partial charge in [-0.3, -0.25) is 4.79 Å². The third kappa shape index (κ3) is 4.07. The van der Waals surface area contributed by atoms with Gasteiger partial charge < -0.3 is 4.74 Å². The molecule has 0 radical (unpaired) electrons. The molecule has 0 aliphatic heterocycles. The molecule has 0 bridgehead atoms. The molecule has 0 aliphatic rings. The first-order chi connectivity index (χ1) is 9.70. The monoisotopic (exact) mass is 380 g/mol. The number of hydrogen-bond donors (Lipinski definition) is 0. The molecule has 0 N–H and O–H groups in total. The second-order valence-corrected chi connectivity index (χ2v) is 5.72. The highest BCUT2D eigenvalue weighted by Gasteiger charge is 2.08. The molecule has 0 aliphatic carbocycles. The summed E-state index contributed by atoms with van der Waals surface area (Å²) in [5.41, 5.74) is 3.56. The number of esters is 1. The number of halogens is 1. The summed E-state index contributed by atoms with van der Waals surface area (Å²) < 4.78 is 6.20. The lowest BCUT2D eigenvalue weighted by molar-refractivity contribution is -0.143. The van der Waals surface area contributed by atoms with Gasteiger partial charge in [0.1, 0.15) is 0 Å². The Hall–Kier alpha value is -1.36. The Morgan fingerprint density at radius 2 is 1.95 bits per heavy atom. The minimum atomic E-state index is -0.134. The van der Waals surface area contributed by atoms with Gasteiger partial charge in [-0.05, 0) is 64.8 Å². The van der Waals surface area contributed by atoms with Crippen LogP contribution in [-0.4, -0.2) is 12.6 Å². The van der Waals surface area contributed by atoms with Crippen molar-refractivity contribution in [2.45, 2.75) is 19.8 Å². The van der Waals surface area contributed by atoms with Crippen molar-refractivity contribution in [3.63, 3.8) is 0 Å². The average Bonchev–Trinajstić information content (AvgIpc) is 2.46. The topological polar surface area (TPSA) is 26.3 Å². The smallest absolute Gasteiger partial charge is 0.306 e. The number of carbonyl (C=O) groups excluding carboxylic acids is 1. The van der Waals surface area contributed by atoms with Crippen LogP contribution in [0, 0.1) is 3.57 Å². The van der Waals surface area contributed by atoms with Crippen molar-refractivity contribution in [3.8, 4) is 11.1 Å². The fourth-order valence-electron chi connectivity index (χ4n) is 2.15. The molecule has 3 heteroatoms. The van der Waals surface area contributed by atoms with Crippen LogP contribution in [0.2, 0.25) is 0 Å². The summed E-state index contributed by atoms with van der Waals surface area (Å²) in [5.74, 6) is -0.134. The Balaban J connectivity index is 2.20. The molecule has 2 rings (SSSR count). The number of ether oxygens (including phenoxy) is 1. The van der Waals surface area contributed by atoms with Gasteiger partial charge >= 0.3 is 5.97 Å². The van der Waals surface area contributed by atoms with E-state index in [1.807, 2.05) is 19.1 Å². The van der Waals surface area contributed by atoms with Gasteiger partial charge in [-0.15, -0.1) is 0 Å². The minimum Gasteiger partial charge on any atom is -0.466 e. The fraction of sp³-hybridized carbons (Fsp3) is 0.235. The Morgan fingerprint density at radius 1 is 1.15 bits per heavy atom. The van der Waals surface area contributed by atoms with Crippen LogP contribution in [0.4, 0.5) is 0 Å². The Bertz CT molecular complexity index is 593. The van der Waals surface area contributed by atoms with E-state index in [1.54, 1.807) is 0 Å². The zero-order valence-electron chi connectivity index (χ0n) is 11.4. The maximum absolute atomic E-state index is 11.5. The average molecular weight is 380 g/mol. The van der Waals surface area contributed by atoms with Crippen LogP contribution in [0.1, 0.15) is 18.9 Å². The molecule has 0 aromatic heterocycles. The van der Waals surface area contributed by atoms with Crippen LogP contribution < -0.4 is 0 Å². The second kappa shape index (κ2) is 7.43. The predicted octanol–water partition coefficient (Wildman–Crippen LogP) is 4.45. The molecular formula is C17H17IO2. The predicted molar refractivity (Wildman–Crippen MR) is 89.5 cm³/mol. The summed E-state index contributed by atoms with van der Waals surface area (Å²) in [5, 5.41) is 0. The van der Waals surface area contributed by atoms with E-state index in [-0.39, 0.29) is 5.97 Å². The molecule has 2 aromatic carbocycles. The summed E-state index contributed by atoms with van der Waals surface area (Å²) in [6, 6.07) is 16.6. The van der Waals surface area contributed by atoms with Crippen LogP contribution in [0.5, 0.6) is 0 Å². The molecule has 104 valence electrons. The first kappa shape index (κ1) is 15.0. The second-order valence-electron chi connectivity index (χ2n) is 4.47. The standard InChI is InChI=1S/C17H17IO2/c1-2-20-17(19)11-10-13-6-3-4-9-16(13)14-7-5-8-15(18)12-14/h3-9,12H,2,10-11H2,1H3. The van der Waals surface area contributed by atoms with Crippen molar-refractivity contribution in [1.82, 2.24) is 0 Å². The van der Waals surface area contributed by atoms with Crippen LogP contribution in [0.3, 0.4) is 0 Å². The van der Waals surface area contributed by atoms with Crippen molar-refractivity contribution in [2.75, 3.05) is 6.61 Å². The molecule has 0 unspecified atom stereocenters. The van der Waals surface area contributed by atoms with E-state index in [0.717, 1.165) is 0 Å². The summed E-state index contributed by atoms with van der Waals surface area (Å²) in [6.07, 6.45) is 1.13. The highest BCUT2D eigenvalue weighted by molar-refractivity contribution is 14.1. The third-order valence-electron chi connectivity index (χ3n) is 3.06. The zero-order chi connectivity index (χ0) is 14.4. The summed E-state index contributed by atoms with van der Waals surface area (Å²) >= 11 is 2.31. The Morgan fingerprint density at radius 3 is 2.70 bits per heavy atom. The molecule has 0 saturated heterocycles. The lowest BCUT2D eigenvalue weighted by Gasteiger charge is -2.10. The van der Waals surface area contributed by atoms with E-state index in [1.165, 1.54) is 20.3 Å². The van der Waals surface area contributed by atoms with Crippen LogP contribution in [-0.2, 0) is 16.0 Å². The first-order valence-electron chi connectivity index (χ1n) is 6.70. The molecule has 0 atom stereocenters. The maximum atomic E-state index is 11.5. The van der Waals surface area contributed by atoms with Crippen LogP contribution >= 0.6 is 22.6 Å². The molecule has 2 nitrogen and oxygen atoms in total. The number of aryl methyl sites for hydroxylation is 1. The van der Waals surface area contributed by atoms with Gasteiger partial charge in [-0.25, -0.2) is 0 Å². The lowest BCUT2D eigenvalue weighted by Crippen LogP contribution is -2.05. The first-order valence-corrected chi connectivity index (χ1v) is 7.78. The number of hydrogen-bond acceptors (Lipinski definition) is 2. The molecule has 2 aromatic rings. The van der Waals surface area contributed by atoms with E-state index in [2.05, 4.69) is 59.0 Å². The quantitative estimate of drug-likeness (QED) is 0.566. The summed E-state index contributed by atoms with van der Waals surface area (Å²) in [7, 11) is 0. The highest BCUT2D eigenvalue weighted by Crippen LogP contribution is 2.26. The summed E-state index contributed by atoms with van der Waals surface area (Å²) in [6.45, 7) is 2.27. The van der Waals surface area contributed by atoms with E-state index in [9.17, 15) is 4.79 Å². The number of carbonyl (C=O) groups is 1. The van der Waals surface area contributed by atoms with Gasteiger partial charge in [0.05, 0.1) is 6.61 Å². The van der Waals surface area contributed by atoms with Crippen molar-refractivity contribution in [1.29, 1.82) is 0 Å². The van der Waals surface area contributed by atoms with Gasteiger partial charge in [-0.2, -0.15) is 0 Å². The maximum Gasteiger partial charge on any atom is 0.306 e. The highest BCUT2D eigenvalue weighted by atomic mass is 127. The van der Waals surface area contributed by atoms with Gasteiger partial charge in [0.25, 0.3) is 0 Å². The molecule has 0 saturated carbocycles. The van der Waals surface area contributed by atoms with Gasteiger partial charge in [0, 0.05) is 9.99 Å². The van der Waals surface area contributed by atoms with Crippen molar-refractivity contribution in [2.24, 2.45) is 0 Å².